The van der Waals surface area contributed by atoms with Gasteiger partial charge in [-0.25, -0.2) is 8.42 Å². The Morgan fingerprint density at radius 2 is 1.71 bits per heavy atom. The van der Waals surface area contributed by atoms with Crippen LogP contribution in [0.3, 0.4) is 0 Å². The van der Waals surface area contributed by atoms with Crippen LogP contribution >= 0.6 is 0 Å². The Bertz CT molecular complexity index is 1120. The highest BCUT2D eigenvalue weighted by Gasteiger charge is 2.39. The average Bonchev–Trinajstić information content (AvgIpc) is 3.35. The molecule has 7 nitrogen and oxygen atoms in total. The number of benzene rings is 2. The van der Waals surface area contributed by atoms with Crippen LogP contribution in [0.5, 0.6) is 0 Å². The minimum atomic E-state index is -2.91. The minimum Gasteiger partial charge on any atom is -0.340 e. The average molecular weight is 442 g/mol. The summed E-state index contributed by atoms with van der Waals surface area (Å²) in [6.45, 7) is 2.98. The van der Waals surface area contributed by atoms with Crippen molar-refractivity contribution in [3.63, 3.8) is 0 Å². The number of nitrogens with zero attached hydrogens (tertiary/aromatic N) is 3. The standard InChI is InChI=1S/C23H27N3O4S/c27-22-14-18(15-26(22)21-7-3-5-17-4-1-2-6-20(17)21)23(28)25-11-9-24(10-12-25)19-8-13-31(29,30)16-19/h1-7,18-19H,8-16H2/t18-,19-/m1/s1. The lowest BCUT2D eigenvalue weighted by atomic mass is 10.1. The van der Waals surface area contributed by atoms with Crippen LogP contribution in [0.15, 0.2) is 42.5 Å². The van der Waals surface area contributed by atoms with Crippen molar-refractivity contribution < 1.29 is 18.0 Å². The lowest BCUT2D eigenvalue weighted by molar-refractivity contribution is -0.137. The first-order chi connectivity index (χ1) is 14.9. The van der Waals surface area contributed by atoms with Crippen LogP contribution in [0.2, 0.25) is 0 Å². The summed E-state index contributed by atoms with van der Waals surface area (Å²) in [4.78, 5) is 31.8. The van der Waals surface area contributed by atoms with E-state index >= 15 is 0 Å². The fourth-order valence-electron chi connectivity index (χ4n) is 5.18. The summed E-state index contributed by atoms with van der Waals surface area (Å²) in [7, 11) is -2.91. The number of rotatable bonds is 3. The zero-order valence-electron chi connectivity index (χ0n) is 17.4. The second-order valence-corrected chi connectivity index (χ2v) is 11.1. The normalized spacial score (nSPS) is 26.6. The first-order valence-corrected chi connectivity index (χ1v) is 12.7. The molecule has 3 aliphatic heterocycles. The van der Waals surface area contributed by atoms with E-state index in [0.717, 1.165) is 16.5 Å². The molecule has 0 aliphatic carbocycles. The van der Waals surface area contributed by atoms with Crippen LogP contribution in [0.1, 0.15) is 12.8 Å². The molecule has 5 rings (SSSR count). The first-order valence-electron chi connectivity index (χ1n) is 10.9. The zero-order valence-corrected chi connectivity index (χ0v) is 18.3. The van der Waals surface area contributed by atoms with Gasteiger partial charge in [-0.1, -0.05) is 36.4 Å². The Kier molecular flexibility index (Phi) is 5.22. The van der Waals surface area contributed by atoms with Gasteiger partial charge in [-0.3, -0.25) is 14.5 Å². The number of sulfone groups is 1. The van der Waals surface area contributed by atoms with E-state index in [9.17, 15) is 18.0 Å². The molecule has 8 heteroatoms. The molecule has 2 atom stereocenters. The molecule has 3 fully saturated rings. The predicted octanol–water partition coefficient (Wildman–Crippen LogP) is 1.52. The highest BCUT2D eigenvalue weighted by molar-refractivity contribution is 7.91. The molecular weight excluding hydrogens is 414 g/mol. The van der Waals surface area contributed by atoms with Gasteiger partial charge in [0.05, 0.1) is 23.1 Å². The van der Waals surface area contributed by atoms with Crippen molar-refractivity contribution in [2.45, 2.75) is 18.9 Å². The Hall–Kier alpha value is -2.45. The zero-order chi connectivity index (χ0) is 21.6. The summed E-state index contributed by atoms with van der Waals surface area (Å²) >= 11 is 0. The SMILES string of the molecule is O=C([C@@H]1CC(=O)N(c2cccc3ccccc23)C1)N1CCN([C@@H]2CCS(=O)(=O)C2)CC1. The second kappa shape index (κ2) is 7.91. The van der Waals surface area contributed by atoms with Gasteiger partial charge in [0.2, 0.25) is 11.8 Å². The van der Waals surface area contributed by atoms with Crippen LogP contribution in [0.25, 0.3) is 10.8 Å². The fourth-order valence-corrected chi connectivity index (χ4v) is 6.94. The maximum Gasteiger partial charge on any atom is 0.228 e. The smallest absolute Gasteiger partial charge is 0.228 e. The van der Waals surface area contributed by atoms with E-state index in [1.165, 1.54) is 0 Å². The van der Waals surface area contributed by atoms with E-state index in [0.29, 0.717) is 39.1 Å². The first kappa shape index (κ1) is 20.5. The van der Waals surface area contributed by atoms with Crippen molar-refractivity contribution in [1.29, 1.82) is 0 Å². The van der Waals surface area contributed by atoms with E-state index < -0.39 is 9.84 Å². The molecule has 0 unspecified atom stereocenters. The molecule has 0 saturated carbocycles. The largest absolute Gasteiger partial charge is 0.340 e. The minimum absolute atomic E-state index is 0.00972. The number of hydrogen-bond acceptors (Lipinski definition) is 5. The summed E-state index contributed by atoms with van der Waals surface area (Å²) in [5, 5.41) is 2.10. The Morgan fingerprint density at radius 1 is 0.968 bits per heavy atom. The quantitative estimate of drug-likeness (QED) is 0.722. The number of fused-ring (bicyclic) bond motifs is 1. The number of hydrogen-bond donors (Lipinski definition) is 0. The topological polar surface area (TPSA) is 78.0 Å². The molecule has 0 aromatic heterocycles. The lowest BCUT2D eigenvalue weighted by Crippen LogP contribution is -2.53. The lowest BCUT2D eigenvalue weighted by Gasteiger charge is -2.38. The molecule has 2 aromatic rings. The maximum absolute atomic E-state index is 13.2. The van der Waals surface area contributed by atoms with Crippen molar-refractivity contribution in [1.82, 2.24) is 9.80 Å². The molecule has 0 radical (unpaired) electrons. The van der Waals surface area contributed by atoms with Crippen molar-refractivity contribution in [3.05, 3.63) is 42.5 Å². The molecule has 3 saturated heterocycles. The monoisotopic (exact) mass is 441 g/mol. The molecule has 2 amide bonds. The van der Waals surface area contributed by atoms with Crippen LogP contribution in [0, 0.1) is 5.92 Å². The van der Waals surface area contributed by atoms with E-state index in [1.807, 2.05) is 47.4 Å². The molecule has 3 aliphatic rings. The van der Waals surface area contributed by atoms with Gasteiger partial charge in [-0.2, -0.15) is 0 Å². The Labute approximate surface area is 182 Å². The third-order valence-electron chi connectivity index (χ3n) is 6.88. The molecule has 0 spiro atoms. The molecule has 0 bridgehead atoms. The maximum atomic E-state index is 13.2. The third-order valence-corrected chi connectivity index (χ3v) is 8.63. The number of carbonyl (C=O) groups excluding carboxylic acids is 2. The van der Waals surface area contributed by atoms with Crippen molar-refractivity contribution >= 4 is 38.1 Å². The molecular formula is C23H27N3O4S. The van der Waals surface area contributed by atoms with Gasteiger partial charge < -0.3 is 9.80 Å². The van der Waals surface area contributed by atoms with Crippen molar-refractivity contribution in [2.24, 2.45) is 5.92 Å². The van der Waals surface area contributed by atoms with Gasteiger partial charge >= 0.3 is 0 Å². The summed E-state index contributed by atoms with van der Waals surface area (Å²) in [5.41, 5.74) is 0.866. The summed E-state index contributed by atoms with van der Waals surface area (Å²) in [6, 6.07) is 14.0. The van der Waals surface area contributed by atoms with Gasteiger partial charge in [0.25, 0.3) is 0 Å². The highest BCUT2D eigenvalue weighted by atomic mass is 32.2. The van der Waals surface area contributed by atoms with Gasteiger partial charge in [0.1, 0.15) is 0 Å². The summed E-state index contributed by atoms with van der Waals surface area (Å²) < 4.78 is 23.5. The van der Waals surface area contributed by atoms with Gasteiger partial charge in [0.15, 0.2) is 9.84 Å². The van der Waals surface area contributed by atoms with E-state index in [-0.39, 0.29) is 41.7 Å². The molecule has 164 valence electrons. The van der Waals surface area contributed by atoms with Crippen LogP contribution in [0.4, 0.5) is 5.69 Å². The van der Waals surface area contributed by atoms with Crippen LogP contribution in [-0.4, -0.2) is 80.3 Å². The van der Waals surface area contributed by atoms with Gasteiger partial charge in [0, 0.05) is 50.6 Å². The van der Waals surface area contributed by atoms with E-state index in [4.69, 9.17) is 0 Å². The fraction of sp³-hybridized carbons (Fsp3) is 0.478. The van der Waals surface area contributed by atoms with Crippen LogP contribution in [-0.2, 0) is 19.4 Å². The Balaban J connectivity index is 1.24. The van der Waals surface area contributed by atoms with E-state index in [1.54, 1.807) is 4.90 Å². The third kappa shape index (κ3) is 3.94. The molecule has 31 heavy (non-hydrogen) atoms. The Morgan fingerprint density at radius 3 is 2.45 bits per heavy atom. The number of piperazine rings is 1. The molecule has 0 N–H and O–H groups in total. The summed E-state index contributed by atoms with van der Waals surface area (Å²) in [6.07, 6.45) is 0.927. The highest BCUT2D eigenvalue weighted by Crippen LogP contribution is 2.32. The second-order valence-electron chi connectivity index (χ2n) is 8.82. The summed E-state index contributed by atoms with van der Waals surface area (Å²) in [5.74, 6) is 0.201. The van der Waals surface area contributed by atoms with Crippen molar-refractivity contribution in [2.75, 3.05) is 49.1 Å². The van der Waals surface area contributed by atoms with Crippen molar-refractivity contribution in [3.8, 4) is 0 Å². The van der Waals surface area contributed by atoms with Gasteiger partial charge in [-0.05, 0) is 17.9 Å². The van der Waals surface area contributed by atoms with Crippen LogP contribution < -0.4 is 4.90 Å². The van der Waals surface area contributed by atoms with Gasteiger partial charge in [-0.15, -0.1) is 0 Å². The molecule has 2 aromatic carbocycles. The predicted molar refractivity (Wildman–Crippen MR) is 120 cm³/mol. The number of amides is 2. The molecule has 3 heterocycles. The number of carbonyl (C=O) groups is 2. The van der Waals surface area contributed by atoms with E-state index in [2.05, 4.69) is 4.90 Å². The number of anilines is 1.